The average molecular weight is 259 g/mol. The molecule has 1 aromatic rings. The lowest BCUT2D eigenvalue weighted by atomic mass is 10.1. The Hall–Kier alpha value is -0.0300. The van der Waals surface area contributed by atoms with Crippen molar-refractivity contribution in [3.63, 3.8) is 0 Å². The van der Waals surface area contributed by atoms with Gasteiger partial charge in [0.1, 0.15) is 0 Å². The second-order valence-corrected chi connectivity index (χ2v) is 6.13. The van der Waals surface area contributed by atoms with Crippen LogP contribution in [0.4, 0.5) is 0 Å². The number of hydrogen-bond acceptors (Lipinski definition) is 4. The molecule has 0 amide bonds. The van der Waals surface area contributed by atoms with Gasteiger partial charge >= 0.3 is 0 Å². The molecule has 3 unspecified atom stereocenters. The largest absolute Gasteiger partial charge is 0.396 e. The molecule has 0 aliphatic rings. The number of nitrogens with two attached hydrogens (primary N) is 1. The maximum Gasteiger partial charge on any atom is 0.0464 e. The van der Waals surface area contributed by atoms with Crippen molar-refractivity contribution in [1.82, 2.24) is 0 Å². The normalized spacial score (nSPS) is 17.0. The van der Waals surface area contributed by atoms with Gasteiger partial charge in [0.2, 0.25) is 0 Å². The third kappa shape index (κ3) is 4.09. The first-order chi connectivity index (χ1) is 7.69. The lowest BCUT2D eigenvalue weighted by molar-refractivity contribution is 0.250. The zero-order valence-electron chi connectivity index (χ0n) is 9.93. The van der Waals surface area contributed by atoms with Crippen LogP contribution in [0, 0.1) is 5.92 Å². The first kappa shape index (κ1) is 14.0. The topological polar surface area (TPSA) is 46.2 Å². The second kappa shape index (κ2) is 7.33. The van der Waals surface area contributed by atoms with Gasteiger partial charge < -0.3 is 10.8 Å². The van der Waals surface area contributed by atoms with Crippen molar-refractivity contribution < 1.29 is 5.11 Å². The van der Waals surface area contributed by atoms with Crippen LogP contribution >= 0.6 is 23.1 Å². The standard InChI is InChI=1S/C12H21NOS2/c1-3-11(13)12(10-4-5-15-8-10)16-7-9(2)6-14/h4-5,8-9,11-12,14H,3,6-7,13H2,1-2H3. The zero-order chi connectivity index (χ0) is 12.0. The molecule has 0 saturated carbocycles. The number of aliphatic hydroxyl groups excluding tert-OH is 1. The van der Waals surface area contributed by atoms with Gasteiger partial charge in [-0.2, -0.15) is 23.1 Å². The Bertz CT molecular complexity index is 277. The average Bonchev–Trinajstić information content (AvgIpc) is 2.82. The van der Waals surface area contributed by atoms with Crippen molar-refractivity contribution in [1.29, 1.82) is 0 Å². The lowest BCUT2D eigenvalue weighted by Crippen LogP contribution is -2.26. The molecule has 0 fully saturated rings. The molecule has 92 valence electrons. The fraction of sp³-hybridized carbons (Fsp3) is 0.667. The molecule has 0 spiro atoms. The van der Waals surface area contributed by atoms with Gasteiger partial charge in [-0.15, -0.1) is 0 Å². The van der Waals surface area contributed by atoms with Crippen LogP contribution in [0.5, 0.6) is 0 Å². The molecule has 1 aromatic heterocycles. The van der Waals surface area contributed by atoms with Crippen molar-refractivity contribution in [2.45, 2.75) is 31.6 Å². The van der Waals surface area contributed by atoms with Gasteiger partial charge in [-0.25, -0.2) is 0 Å². The Morgan fingerprint density at radius 2 is 2.31 bits per heavy atom. The quantitative estimate of drug-likeness (QED) is 0.791. The summed E-state index contributed by atoms with van der Waals surface area (Å²) in [5, 5.41) is 13.7. The highest BCUT2D eigenvalue weighted by molar-refractivity contribution is 7.99. The minimum absolute atomic E-state index is 0.200. The molecule has 0 radical (unpaired) electrons. The molecule has 0 aliphatic heterocycles. The molecule has 0 aromatic carbocycles. The van der Waals surface area contributed by atoms with Crippen LogP contribution < -0.4 is 5.73 Å². The predicted molar refractivity (Wildman–Crippen MR) is 74.0 cm³/mol. The van der Waals surface area contributed by atoms with E-state index in [1.807, 2.05) is 11.8 Å². The van der Waals surface area contributed by atoms with Crippen LogP contribution in [0.15, 0.2) is 16.8 Å². The third-order valence-electron chi connectivity index (χ3n) is 2.60. The van der Waals surface area contributed by atoms with Gasteiger partial charge in [-0.05, 0) is 40.5 Å². The SMILES string of the molecule is CCC(N)C(SCC(C)CO)c1ccsc1. The van der Waals surface area contributed by atoms with Crippen LogP contribution in [0.3, 0.4) is 0 Å². The van der Waals surface area contributed by atoms with Crippen LogP contribution in [0.2, 0.25) is 0 Å². The fourth-order valence-electron chi connectivity index (χ4n) is 1.44. The van der Waals surface area contributed by atoms with Crippen LogP contribution in [0.25, 0.3) is 0 Å². The molecule has 0 bridgehead atoms. The van der Waals surface area contributed by atoms with E-state index in [0.717, 1.165) is 12.2 Å². The smallest absolute Gasteiger partial charge is 0.0464 e. The van der Waals surface area contributed by atoms with Crippen molar-refractivity contribution in [2.75, 3.05) is 12.4 Å². The number of rotatable bonds is 7. The van der Waals surface area contributed by atoms with Crippen LogP contribution in [-0.4, -0.2) is 23.5 Å². The van der Waals surface area contributed by atoms with E-state index in [9.17, 15) is 0 Å². The molecule has 4 heteroatoms. The van der Waals surface area contributed by atoms with E-state index in [-0.39, 0.29) is 12.6 Å². The maximum atomic E-state index is 9.03. The van der Waals surface area contributed by atoms with Gasteiger partial charge in [-0.1, -0.05) is 13.8 Å². The summed E-state index contributed by atoms with van der Waals surface area (Å²) in [7, 11) is 0. The lowest BCUT2D eigenvalue weighted by Gasteiger charge is -2.23. The highest BCUT2D eigenvalue weighted by Crippen LogP contribution is 2.34. The molecule has 0 saturated heterocycles. The minimum Gasteiger partial charge on any atom is -0.396 e. The summed E-state index contributed by atoms with van der Waals surface area (Å²) in [6.45, 7) is 4.44. The highest BCUT2D eigenvalue weighted by Gasteiger charge is 2.20. The molecule has 0 aliphatic carbocycles. The molecular formula is C12H21NOS2. The van der Waals surface area contributed by atoms with Crippen molar-refractivity contribution >= 4 is 23.1 Å². The monoisotopic (exact) mass is 259 g/mol. The second-order valence-electron chi connectivity index (χ2n) is 4.17. The van der Waals surface area contributed by atoms with Gasteiger partial charge in [0.05, 0.1) is 0 Å². The Balaban J connectivity index is 2.58. The van der Waals surface area contributed by atoms with E-state index >= 15 is 0 Å². The van der Waals surface area contributed by atoms with E-state index in [2.05, 4.69) is 30.7 Å². The predicted octanol–water partition coefficient (Wildman–Crippen LogP) is 2.89. The molecule has 3 N–H and O–H groups in total. The van der Waals surface area contributed by atoms with Crippen LogP contribution in [0.1, 0.15) is 31.1 Å². The third-order valence-corrected chi connectivity index (χ3v) is 5.05. The van der Waals surface area contributed by atoms with E-state index in [1.54, 1.807) is 11.3 Å². The first-order valence-corrected chi connectivity index (χ1v) is 7.68. The van der Waals surface area contributed by atoms with Crippen molar-refractivity contribution in [3.8, 4) is 0 Å². The molecule has 16 heavy (non-hydrogen) atoms. The van der Waals surface area contributed by atoms with Gasteiger partial charge in [0, 0.05) is 17.9 Å². The number of thioether (sulfide) groups is 1. The highest BCUT2D eigenvalue weighted by atomic mass is 32.2. The first-order valence-electron chi connectivity index (χ1n) is 5.69. The summed E-state index contributed by atoms with van der Waals surface area (Å²) < 4.78 is 0. The fourth-order valence-corrected chi connectivity index (χ4v) is 3.64. The summed E-state index contributed by atoms with van der Waals surface area (Å²) in [4.78, 5) is 0. The summed E-state index contributed by atoms with van der Waals surface area (Å²) in [5.41, 5.74) is 7.49. The summed E-state index contributed by atoms with van der Waals surface area (Å²) in [6.07, 6.45) is 0.987. The molecule has 3 atom stereocenters. The Morgan fingerprint density at radius 3 is 2.81 bits per heavy atom. The number of hydrogen-bond donors (Lipinski definition) is 2. The van der Waals surface area contributed by atoms with E-state index in [4.69, 9.17) is 10.8 Å². The van der Waals surface area contributed by atoms with Gasteiger partial charge in [-0.3, -0.25) is 0 Å². The van der Waals surface area contributed by atoms with Gasteiger partial charge in [0.15, 0.2) is 0 Å². The summed E-state index contributed by atoms with van der Waals surface area (Å²) in [5.74, 6) is 1.31. The zero-order valence-corrected chi connectivity index (χ0v) is 11.6. The summed E-state index contributed by atoms with van der Waals surface area (Å²) in [6, 6.07) is 2.35. The maximum absolute atomic E-state index is 9.03. The van der Waals surface area contributed by atoms with Crippen LogP contribution in [-0.2, 0) is 0 Å². The minimum atomic E-state index is 0.200. The Kier molecular flexibility index (Phi) is 6.43. The van der Waals surface area contributed by atoms with Gasteiger partial charge in [0.25, 0.3) is 0 Å². The van der Waals surface area contributed by atoms with E-state index < -0.39 is 0 Å². The molecule has 2 nitrogen and oxygen atoms in total. The summed E-state index contributed by atoms with van der Waals surface area (Å²) >= 11 is 3.58. The van der Waals surface area contributed by atoms with Crippen molar-refractivity contribution in [3.05, 3.63) is 22.4 Å². The van der Waals surface area contributed by atoms with E-state index in [0.29, 0.717) is 11.2 Å². The molecule has 1 rings (SSSR count). The van der Waals surface area contributed by atoms with E-state index in [1.165, 1.54) is 5.56 Å². The molecule has 1 heterocycles. The van der Waals surface area contributed by atoms with Crippen molar-refractivity contribution in [2.24, 2.45) is 11.7 Å². The number of aliphatic hydroxyl groups is 1. The molecular weight excluding hydrogens is 238 g/mol. The Labute approximate surface area is 106 Å². The Morgan fingerprint density at radius 1 is 1.56 bits per heavy atom. The number of thiophene rings is 1.